The molecule has 2 aromatic carbocycles. The molecule has 0 radical (unpaired) electrons. The molecule has 1 N–H and O–H groups in total. The van der Waals surface area contributed by atoms with E-state index in [1.54, 1.807) is 30.3 Å². The van der Waals surface area contributed by atoms with E-state index in [1.165, 1.54) is 37.3 Å². The first-order chi connectivity index (χ1) is 15.0. The van der Waals surface area contributed by atoms with Crippen molar-refractivity contribution >= 4 is 11.6 Å². The van der Waals surface area contributed by atoms with E-state index >= 15 is 0 Å². The molecule has 0 saturated carbocycles. The van der Waals surface area contributed by atoms with Crippen LogP contribution in [0.2, 0.25) is 0 Å². The Morgan fingerprint density at radius 3 is 2.48 bits per heavy atom. The van der Waals surface area contributed by atoms with Crippen LogP contribution in [0, 0.1) is 15.9 Å². The monoisotopic (exact) mass is 426 g/mol. The van der Waals surface area contributed by atoms with Crippen LogP contribution in [-0.2, 0) is 9.47 Å². The number of rotatable bonds is 7. The molecule has 1 aliphatic rings. The van der Waals surface area contributed by atoms with Crippen molar-refractivity contribution in [1.29, 1.82) is 0 Å². The molecular weight excluding hydrogens is 407 g/mol. The Balaban J connectivity index is 1.85. The molecule has 9 nitrogen and oxygen atoms in total. The van der Waals surface area contributed by atoms with Gasteiger partial charge in [-0.1, -0.05) is 18.2 Å². The van der Waals surface area contributed by atoms with Crippen LogP contribution in [0.1, 0.15) is 27.7 Å². The second kappa shape index (κ2) is 8.25. The number of hydrogen-bond donors (Lipinski definition) is 1. The first-order valence-electron chi connectivity index (χ1n) is 9.40. The van der Waals surface area contributed by atoms with Gasteiger partial charge in [0.05, 0.1) is 23.2 Å². The standard InChI is InChI=1S/C21H19FN4O5/c1-30-16(31-2)11-25-20(14-5-3-4-6-15(14)22)17-18(23-24-19(17)21(25)27)12-7-9-13(10-8-12)26(28)29/h3-10,16,20H,11H2,1-2H3,(H,23,24). The van der Waals surface area contributed by atoms with E-state index in [4.69, 9.17) is 9.47 Å². The van der Waals surface area contributed by atoms with E-state index in [0.29, 0.717) is 22.4 Å². The maximum Gasteiger partial charge on any atom is 0.273 e. The van der Waals surface area contributed by atoms with Gasteiger partial charge in [-0.2, -0.15) is 5.10 Å². The number of nitro groups is 1. The first-order valence-corrected chi connectivity index (χ1v) is 9.40. The number of carbonyl (C=O) groups excluding carboxylic acids is 1. The molecule has 1 amide bonds. The molecule has 0 saturated heterocycles. The highest BCUT2D eigenvalue weighted by molar-refractivity contribution is 6.00. The second-order valence-corrected chi connectivity index (χ2v) is 6.95. The predicted octanol–water partition coefficient (Wildman–Crippen LogP) is 3.29. The zero-order valence-corrected chi connectivity index (χ0v) is 16.7. The molecule has 1 unspecified atom stereocenters. The Bertz CT molecular complexity index is 1130. The molecule has 0 fully saturated rings. The number of halogens is 1. The molecule has 0 spiro atoms. The van der Waals surface area contributed by atoms with E-state index < -0.39 is 23.1 Å². The first kappa shape index (κ1) is 20.6. The number of nitrogens with one attached hydrogen (secondary N) is 1. The fourth-order valence-electron chi connectivity index (χ4n) is 3.77. The minimum Gasteiger partial charge on any atom is -0.354 e. The van der Waals surface area contributed by atoms with Gasteiger partial charge < -0.3 is 14.4 Å². The van der Waals surface area contributed by atoms with E-state index in [1.807, 2.05) is 0 Å². The molecule has 1 aromatic heterocycles. The summed E-state index contributed by atoms with van der Waals surface area (Å²) in [7, 11) is 2.91. The van der Waals surface area contributed by atoms with Crippen molar-refractivity contribution in [3.8, 4) is 11.3 Å². The quantitative estimate of drug-likeness (QED) is 0.353. The molecule has 0 aliphatic carbocycles. The third kappa shape index (κ3) is 3.56. The average molecular weight is 426 g/mol. The lowest BCUT2D eigenvalue weighted by Gasteiger charge is -2.29. The summed E-state index contributed by atoms with van der Waals surface area (Å²) in [6.45, 7) is 0.0626. The minimum absolute atomic E-state index is 0.0626. The number of nitrogens with zero attached hydrogens (tertiary/aromatic N) is 3. The summed E-state index contributed by atoms with van der Waals surface area (Å²) in [6, 6.07) is 11.2. The smallest absolute Gasteiger partial charge is 0.273 e. The number of ether oxygens (including phenoxy) is 2. The van der Waals surface area contributed by atoms with Gasteiger partial charge in [0, 0.05) is 43.0 Å². The number of aromatic amines is 1. The Hall–Kier alpha value is -3.63. The zero-order valence-electron chi connectivity index (χ0n) is 16.7. The Morgan fingerprint density at radius 2 is 1.87 bits per heavy atom. The summed E-state index contributed by atoms with van der Waals surface area (Å²) in [5, 5.41) is 18.0. The van der Waals surface area contributed by atoms with Crippen LogP contribution in [0.5, 0.6) is 0 Å². The maximum absolute atomic E-state index is 14.8. The molecule has 1 aliphatic heterocycles. The van der Waals surface area contributed by atoms with Gasteiger partial charge in [-0.05, 0) is 18.2 Å². The molecule has 0 bridgehead atoms. The highest BCUT2D eigenvalue weighted by atomic mass is 19.1. The highest BCUT2D eigenvalue weighted by Crippen LogP contribution is 2.43. The van der Waals surface area contributed by atoms with E-state index in [-0.39, 0.29) is 23.8 Å². The number of aromatic nitrogens is 2. The highest BCUT2D eigenvalue weighted by Gasteiger charge is 2.44. The number of amides is 1. The predicted molar refractivity (Wildman–Crippen MR) is 108 cm³/mol. The van der Waals surface area contributed by atoms with Crippen molar-refractivity contribution < 1.29 is 23.6 Å². The summed E-state index contributed by atoms with van der Waals surface area (Å²) >= 11 is 0. The van der Waals surface area contributed by atoms with E-state index in [9.17, 15) is 19.3 Å². The van der Waals surface area contributed by atoms with Crippen molar-refractivity contribution in [2.75, 3.05) is 20.8 Å². The number of hydrogen-bond acceptors (Lipinski definition) is 6. The van der Waals surface area contributed by atoms with Crippen molar-refractivity contribution in [3.05, 3.63) is 81.3 Å². The Labute approximate surface area is 176 Å². The molecule has 3 aromatic rings. The van der Waals surface area contributed by atoms with Gasteiger partial charge in [-0.3, -0.25) is 20.0 Å². The van der Waals surface area contributed by atoms with Gasteiger partial charge in [-0.15, -0.1) is 0 Å². The van der Waals surface area contributed by atoms with Crippen LogP contribution in [0.4, 0.5) is 10.1 Å². The SMILES string of the molecule is COC(CN1C(=O)c2[nH]nc(-c3ccc([N+](=O)[O-])cc3)c2C1c1ccccc1F)OC. The summed E-state index contributed by atoms with van der Waals surface area (Å²) < 4.78 is 25.3. The van der Waals surface area contributed by atoms with E-state index in [0.717, 1.165) is 0 Å². The van der Waals surface area contributed by atoms with Crippen LogP contribution >= 0.6 is 0 Å². The molecule has 31 heavy (non-hydrogen) atoms. The lowest BCUT2D eigenvalue weighted by atomic mass is 9.95. The topological polar surface area (TPSA) is 111 Å². The summed E-state index contributed by atoms with van der Waals surface area (Å²) in [6.07, 6.45) is -0.710. The van der Waals surface area contributed by atoms with Gasteiger partial charge >= 0.3 is 0 Å². The fraction of sp³-hybridized carbons (Fsp3) is 0.238. The van der Waals surface area contributed by atoms with Crippen LogP contribution < -0.4 is 0 Å². The number of methoxy groups -OCH3 is 2. The number of carbonyl (C=O) groups is 1. The van der Waals surface area contributed by atoms with Gasteiger partial charge in [0.25, 0.3) is 11.6 Å². The van der Waals surface area contributed by atoms with E-state index in [2.05, 4.69) is 10.2 Å². The van der Waals surface area contributed by atoms with Crippen molar-refractivity contribution in [3.63, 3.8) is 0 Å². The van der Waals surface area contributed by atoms with Gasteiger partial charge in [0.1, 0.15) is 11.5 Å². The Morgan fingerprint density at radius 1 is 1.19 bits per heavy atom. The molecule has 160 valence electrons. The minimum atomic E-state index is -0.777. The average Bonchev–Trinajstić information content (AvgIpc) is 3.32. The molecular formula is C21H19FN4O5. The van der Waals surface area contributed by atoms with Crippen molar-refractivity contribution in [1.82, 2.24) is 15.1 Å². The molecule has 10 heteroatoms. The third-order valence-electron chi connectivity index (χ3n) is 5.29. The van der Waals surface area contributed by atoms with Gasteiger partial charge in [0.15, 0.2) is 6.29 Å². The molecule has 4 rings (SSSR count). The fourth-order valence-corrected chi connectivity index (χ4v) is 3.77. The summed E-state index contributed by atoms with van der Waals surface area (Å²) in [5.41, 5.74) is 1.93. The zero-order chi connectivity index (χ0) is 22.1. The third-order valence-corrected chi connectivity index (χ3v) is 5.29. The lowest BCUT2D eigenvalue weighted by Crippen LogP contribution is -2.38. The molecule has 2 heterocycles. The summed E-state index contributed by atoms with van der Waals surface area (Å²) in [5.74, 6) is -0.844. The number of non-ortho nitro benzene ring substituents is 1. The lowest BCUT2D eigenvalue weighted by molar-refractivity contribution is -0.384. The number of nitro benzene ring substituents is 1. The summed E-state index contributed by atoms with van der Waals surface area (Å²) in [4.78, 5) is 25.1. The number of fused-ring (bicyclic) bond motifs is 1. The normalized spacial score (nSPS) is 15.5. The number of H-pyrrole nitrogens is 1. The van der Waals surface area contributed by atoms with Gasteiger partial charge in [0.2, 0.25) is 0 Å². The van der Waals surface area contributed by atoms with Crippen LogP contribution in [0.15, 0.2) is 48.5 Å². The van der Waals surface area contributed by atoms with Crippen LogP contribution in [0.3, 0.4) is 0 Å². The van der Waals surface area contributed by atoms with Crippen LogP contribution in [-0.4, -0.2) is 53.0 Å². The largest absolute Gasteiger partial charge is 0.354 e. The van der Waals surface area contributed by atoms with Crippen LogP contribution in [0.25, 0.3) is 11.3 Å². The van der Waals surface area contributed by atoms with Crippen molar-refractivity contribution in [2.24, 2.45) is 0 Å². The maximum atomic E-state index is 14.8. The van der Waals surface area contributed by atoms with Gasteiger partial charge in [-0.25, -0.2) is 4.39 Å². The molecule has 1 atom stereocenters. The second-order valence-electron chi connectivity index (χ2n) is 6.95. The Kier molecular flexibility index (Phi) is 5.49. The van der Waals surface area contributed by atoms with Crippen molar-refractivity contribution in [2.45, 2.75) is 12.3 Å². The number of benzene rings is 2.